The highest BCUT2D eigenvalue weighted by Gasteiger charge is 1.99. The zero-order valence-corrected chi connectivity index (χ0v) is 15.0. The van der Waals surface area contributed by atoms with Crippen LogP contribution in [0.5, 0.6) is 0 Å². The number of rotatable bonds is 11. The largest absolute Gasteiger partial charge is 0.103 e. The van der Waals surface area contributed by atoms with Gasteiger partial charge in [-0.25, -0.2) is 0 Å². The topological polar surface area (TPSA) is 0 Å². The molecule has 0 heterocycles. The van der Waals surface area contributed by atoms with Crippen molar-refractivity contribution in [2.24, 2.45) is 5.92 Å². The molecule has 1 unspecified atom stereocenters. The Bertz CT molecular complexity index is 361. The van der Waals surface area contributed by atoms with Crippen LogP contribution >= 0.6 is 0 Å². The molecule has 0 aromatic heterocycles. The third-order valence-electron chi connectivity index (χ3n) is 4.01. The molecule has 21 heavy (non-hydrogen) atoms. The molecule has 0 rings (SSSR count). The van der Waals surface area contributed by atoms with Crippen molar-refractivity contribution < 1.29 is 0 Å². The zero-order chi connectivity index (χ0) is 16.1. The van der Waals surface area contributed by atoms with Crippen LogP contribution in [0.1, 0.15) is 79.6 Å². The maximum atomic E-state index is 3.90. The quantitative estimate of drug-likeness (QED) is 0.347. The van der Waals surface area contributed by atoms with E-state index in [4.69, 9.17) is 0 Å². The van der Waals surface area contributed by atoms with Crippen LogP contribution in [0.4, 0.5) is 0 Å². The minimum Gasteiger partial charge on any atom is -0.103 e. The van der Waals surface area contributed by atoms with Crippen LogP contribution in [0.2, 0.25) is 0 Å². The lowest BCUT2D eigenvalue weighted by Gasteiger charge is -2.07. The van der Waals surface area contributed by atoms with E-state index in [1.54, 1.807) is 0 Å². The van der Waals surface area contributed by atoms with Gasteiger partial charge in [0, 0.05) is 0 Å². The van der Waals surface area contributed by atoms with Crippen LogP contribution in [0, 0.1) is 5.92 Å². The molecule has 0 N–H and O–H groups in total. The van der Waals surface area contributed by atoms with Gasteiger partial charge in [0.2, 0.25) is 0 Å². The standard InChI is InChI=1S/C21H36/c1-7-21(8-2)17-11-16-20(6)15-10-14-19(5)13-9-12-18(3)4/h7,12,14,16,21H,1,8-11,13,15,17H2,2-6H3. The minimum absolute atomic E-state index is 0.686. The minimum atomic E-state index is 0.686. The summed E-state index contributed by atoms with van der Waals surface area (Å²) in [7, 11) is 0. The van der Waals surface area contributed by atoms with Crippen molar-refractivity contribution in [1.82, 2.24) is 0 Å². The molecule has 0 radical (unpaired) electrons. The Labute approximate surface area is 133 Å². The van der Waals surface area contributed by atoms with Crippen LogP contribution in [0.25, 0.3) is 0 Å². The lowest BCUT2D eigenvalue weighted by molar-refractivity contribution is 0.579. The summed E-state index contributed by atoms with van der Waals surface area (Å²) in [6, 6.07) is 0. The summed E-state index contributed by atoms with van der Waals surface area (Å²) in [6.45, 7) is 15.0. The van der Waals surface area contributed by atoms with Gasteiger partial charge in [-0.2, -0.15) is 0 Å². The Morgan fingerprint density at radius 3 is 1.86 bits per heavy atom. The van der Waals surface area contributed by atoms with Crippen molar-refractivity contribution in [3.05, 3.63) is 47.6 Å². The summed E-state index contributed by atoms with van der Waals surface area (Å²) in [5.41, 5.74) is 4.48. The monoisotopic (exact) mass is 288 g/mol. The Balaban J connectivity index is 3.93. The van der Waals surface area contributed by atoms with E-state index < -0.39 is 0 Å². The van der Waals surface area contributed by atoms with Gasteiger partial charge in [-0.3, -0.25) is 0 Å². The molecule has 0 spiro atoms. The predicted molar refractivity (Wildman–Crippen MR) is 98.6 cm³/mol. The molecule has 0 aromatic rings. The maximum Gasteiger partial charge on any atom is -0.0236 e. The Morgan fingerprint density at radius 2 is 1.38 bits per heavy atom. The first-order chi connectivity index (χ1) is 9.99. The summed E-state index contributed by atoms with van der Waals surface area (Å²) in [5.74, 6) is 0.686. The van der Waals surface area contributed by atoms with Gasteiger partial charge in [0.05, 0.1) is 0 Å². The van der Waals surface area contributed by atoms with E-state index in [9.17, 15) is 0 Å². The Morgan fingerprint density at radius 1 is 0.857 bits per heavy atom. The predicted octanol–water partition coefficient (Wildman–Crippen LogP) is 7.40. The summed E-state index contributed by atoms with van der Waals surface area (Å²) < 4.78 is 0. The van der Waals surface area contributed by atoms with Crippen LogP contribution in [0.3, 0.4) is 0 Å². The van der Waals surface area contributed by atoms with Crippen LogP contribution in [-0.4, -0.2) is 0 Å². The lowest BCUT2D eigenvalue weighted by Crippen LogP contribution is -1.92. The first-order valence-electron chi connectivity index (χ1n) is 8.56. The van der Waals surface area contributed by atoms with Gasteiger partial charge in [-0.15, -0.1) is 6.58 Å². The van der Waals surface area contributed by atoms with Crippen LogP contribution < -0.4 is 0 Å². The van der Waals surface area contributed by atoms with Crippen molar-refractivity contribution in [2.75, 3.05) is 0 Å². The van der Waals surface area contributed by atoms with Crippen molar-refractivity contribution >= 4 is 0 Å². The third-order valence-corrected chi connectivity index (χ3v) is 4.01. The lowest BCUT2D eigenvalue weighted by atomic mass is 9.99. The SMILES string of the molecule is C=CC(CC)CCC=C(C)CCC=C(C)CCC=C(C)C. The molecule has 1 atom stereocenters. The summed E-state index contributed by atoms with van der Waals surface area (Å²) in [5, 5.41) is 0. The van der Waals surface area contributed by atoms with E-state index in [-0.39, 0.29) is 0 Å². The van der Waals surface area contributed by atoms with E-state index >= 15 is 0 Å². The van der Waals surface area contributed by atoms with Gasteiger partial charge < -0.3 is 0 Å². The molecule has 0 aliphatic carbocycles. The molecule has 0 bridgehead atoms. The van der Waals surface area contributed by atoms with E-state index in [0.29, 0.717) is 5.92 Å². The second-order valence-electron chi connectivity index (χ2n) is 6.44. The number of allylic oxidation sites excluding steroid dienone is 7. The van der Waals surface area contributed by atoms with Crippen molar-refractivity contribution in [3.63, 3.8) is 0 Å². The molecule has 0 amide bonds. The molecule has 0 aliphatic rings. The summed E-state index contributed by atoms with van der Waals surface area (Å²) >= 11 is 0. The highest BCUT2D eigenvalue weighted by molar-refractivity contribution is 5.05. The van der Waals surface area contributed by atoms with Gasteiger partial charge in [0.15, 0.2) is 0 Å². The number of hydrogen-bond donors (Lipinski definition) is 0. The summed E-state index contributed by atoms with van der Waals surface area (Å²) in [4.78, 5) is 0. The molecule has 120 valence electrons. The third kappa shape index (κ3) is 12.4. The second-order valence-corrected chi connectivity index (χ2v) is 6.44. The zero-order valence-electron chi connectivity index (χ0n) is 15.0. The van der Waals surface area contributed by atoms with Crippen LogP contribution in [-0.2, 0) is 0 Å². The smallest absolute Gasteiger partial charge is 0.0236 e. The van der Waals surface area contributed by atoms with E-state index in [1.165, 1.54) is 61.7 Å². The molecule has 0 aliphatic heterocycles. The molecule has 0 fully saturated rings. The Hall–Kier alpha value is -1.04. The van der Waals surface area contributed by atoms with E-state index in [0.717, 1.165) is 0 Å². The molecule has 0 nitrogen and oxygen atoms in total. The highest BCUT2D eigenvalue weighted by atomic mass is 14.0. The van der Waals surface area contributed by atoms with Crippen molar-refractivity contribution in [3.8, 4) is 0 Å². The second kappa shape index (κ2) is 12.7. The first kappa shape index (κ1) is 20.0. The normalized spacial score (nSPS) is 14.0. The van der Waals surface area contributed by atoms with Gasteiger partial charge in [0.25, 0.3) is 0 Å². The van der Waals surface area contributed by atoms with Crippen molar-refractivity contribution in [2.45, 2.75) is 79.6 Å². The Kier molecular flexibility index (Phi) is 12.1. The molecule has 0 heteroatoms. The molecular formula is C21H36. The first-order valence-corrected chi connectivity index (χ1v) is 8.56. The van der Waals surface area contributed by atoms with Gasteiger partial charge in [-0.1, -0.05) is 47.9 Å². The summed E-state index contributed by atoms with van der Waals surface area (Å²) in [6.07, 6.45) is 17.7. The molecule has 0 saturated carbocycles. The average molecular weight is 289 g/mol. The molecule has 0 aromatic carbocycles. The molecule has 0 saturated heterocycles. The highest BCUT2D eigenvalue weighted by Crippen LogP contribution is 2.15. The maximum absolute atomic E-state index is 3.90. The van der Waals surface area contributed by atoms with Gasteiger partial charge in [0.1, 0.15) is 0 Å². The van der Waals surface area contributed by atoms with E-state index in [2.05, 4.69) is 65.5 Å². The molecular weight excluding hydrogens is 252 g/mol. The fraction of sp³-hybridized carbons (Fsp3) is 0.619. The fourth-order valence-electron chi connectivity index (χ4n) is 2.37. The van der Waals surface area contributed by atoms with Crippen LogP contribution in [0.15, 0.2) is 47.6 Å². The van der Waals surface area contributed by atoms with Gasteiger partial charge >= 0.3 is 0 Å². The average Bonchev–Trinajstić information content (AvgIpc) is 2.43. The number of hydrogen-bond acceptors (Lipinski definition) is 0. The van der Waals surface area contributed by atoms with E-state index in [1.807, 2.05) is 0 Å². The van der Waals surface area contributed by atoms with Crippen molar-refractivity contribution in [1.29, 1.82) is 0 Å². The fourth-order valence-corrected chi connectivity index (χ4v) is 2.37. The van der Waals surface area contributed by atoms with Gasteiger partial charge in [-0.05, 0) is 78.6 Å².